The maximum absolute atomic E-state index is 14.5. The minimum atomic E-state index is -0.975. The third-order valence-corrected chi connectivity index (χ3v) is 6.91. The number of hydrogen-bond donors (Lipinski definition) is 1. The molecule has 0 aliphatic carbocycles. The molecule has 0 aromatic heterocycles. The number of ether oxygens (including phenoxy) is 1. The van der Waals surface area contributed by atoms with Gasteiger partial charge in [-0.1, -0.05) is 109 Å². The van der Waals surface area contributed by atoms with E-state index in [0.29, 0.717) is 11.4 Å². The summed E-state index contributed by atoms with van der Waals surface area (Å²) in [5.74, 6) is 0.660. The smallest absolute Gasteiger partial charge is 0.239 e. The summed E-state index contributed by atoms with van der Waals surface area (Å²) < 4.78 is 5.56. The molecular weight excluding hydrogens is 466 g/mol. The van der Waals surface area contributed by atoms with Crippen molar-refractivity contribution in [2.75, 3.05) is 12.4 Å². The van der Waals surface area contributed by atoms with E-state index < -0.39 is 5.41 Å². The average molecular weight is 492 g/mol. The Kier molecular flexibility index (Phi) is 6.75. The highest BCUT2D eigenvalue weighted by Gasteiger charge is 2.42. The van der Waals surface area contributed by atoms with Crippen LogP contribution in [0.5, 0.6) is 5.75 Å². The van der Waals surface area contributed by atoms with E-state index in [2.05, 4.69) is 5.32 Å². The minimum Gasteiger partial charge on any atom is -0.496 e. The molecule has 0 saturated heterocycles. The van der Waals surface area contributed by atoms with E-state index in [1.165, 1.54) is 0 Å². The molecule has 0 bridgehead atoms. The lowest BCUT2D eigenvalue weighted by atomic mass is 9.69. The maximum atomic E-state index is 14.5. The largest absolute Gasteiger partial charge is 0.496 e. The van der Waals surface area contributed by atoms with Gasteiger partial charge in [-0.15, -0.1) is 0 Å². The number of nitrogens with one attached hydrogen (secondary N) is 1. The van der Waals surface area contributed by atoms with Crippen LogP contribution in [0.15, 0.2) is 121 Å². The Bertz CT molecular complexity index is 1440. The maximum Gasteiger partial charge on any atom is 0.239 e. The van der Waals surface area contributed by atoms with Crippen LogP contribution in [-0.2, 0) is 16.6 Å². The molecule has 0 heterocycles. The number of halogens is 1. The van der Waals surface area contributed by atoms with Crippen LogP contribution in [-0.4, -0.2) is 13.0 Å². The topological polar surface area (TPSA) is 38.3 Å². The normalized spacial score (nSPS) is 11.3. The number of anilines is 1. The zero-order chi connectivity index (χ0) is 25.0. The molecule has 0 saturated carbocycles. The zero-order valence-corrected chi connectivity index (χ0v) is 20.7. The van der Waals surface area contributed by atoms with Gasteiger partial charge in [0.15, 0.2) is 0 Å². The lowest BCUT2D eigenvalue weighted by molar-refractivity contribution is -0.120. The standard InChI is InChI=1S/C32H26ClNO2/c1-36-30-21-20-29(27-14-8-9-15-28(27)30)34-31(35)32(24-10-4-2-5-11-24,25-12-6-3-7-13-25)22-23-16-18-26(33)19-17-23/h2-21H,22H2,1H3,(H,34,35). The Hall–Kier alpha value is -4.08. The van der Waals surface area contributed by atoms with Crippen LogP contribution in [0, 0.1) is 0 Å². The summed E-state index contributed by atoms with van der Waals surface area (Å²) in [7, 11) is 1.65. The highest BCUT2D eigenvalue weighted by atomic mass is 35.5. The summed E-state index contributed by atoms with van der Waals surface area (Å²) in [6.07, 6.45) is 0.470. The average Bonchev–Trinajstić information content (AvgIpc) is 2.94. The van der Waals surface area contributed by atoms with Crippen molar-refractivity contribution >= 4 is 34.0 Å². The van der Waals surface area contributed by atoms with Crippen LogP contribution in [0.3, 0.4) is 0 Å². The van der Waals surface area contributed by atoms with Gasteiger partial charge in [-0.2, -0.15) is 0 Å². The van der Waals surface area contributed by atoms with E-state index in [9.17, 15) is 4.79 Å². The lowest BCUT2D eigenvalue weighted by Gasteiger charge is -2.34. The number of hydrogen-bond acceptors (Lipinski definition) is 2. The van der Waals surface area contributed by atoms with Crippen molar-refractivity contribution in [1.29, 1.82) is 0 Å². The molecule has 1 N–H and O–H groups in total. The van der Waals surface area contributed by atoms with Crippen molar-refractivity contribution in [3.63, 3.8) is 0 Å². The lowest BCUT2D eigenvalue weighted by Crippen LogP contribution is -2.43. The monoisotopic (exact) mass is 491 g/mol. The molecule has 0 aliphatic rings. The Morgan fingerprint density at radius 2 is 1.28 bits per heavy atom. The second kappa shape index (κ2) is 10.3. The predicted molar refractivity (Wildman–Crippen MR) is 148 cm³/mol. The van der Waals surface area contributed by atoms with Gasteiger partial charge in [0, 0.05) is 21.5 Å². The first-order chi connectivity index (χ1) is 17.6. The number of methoxy groups -OCH3 is 1. The van der Waals surface area contributed by atoms with Crippen molar-refractivity contribution in [3.05, 3.63) is 143 Å². The first kappa shape index (κ1) is 23.7. The van der Waals surface area contributed by atoms with Gasteiger partial charge in [0.2, 0.25) is 5.91 Å². The molecule has 0 atom stereocenters. The summed E-state index contributed by atoms with van der Waals surface area (Å²) in [5.41, 5.74) is 2.62. The first-order valence-corrected chi connectivity index (χ1v) is 12.2. The molecule has 36 heavy (non-hydrogen) atoms. The third-order valence-electron chi connectivity index (χ3n) is 6.66. The summed E-state index contributed by atoms with van der Waals surface area (Å²) in [5, 5.41) is 5.82. The van der Waals surface area contributed by atoms with Crippen molar-refractivity contribution in [1.82, 2.24) is 0 Å². The number of carbonyl (C=O) groups excluding carboxylic acids is 1. The van der Waals surface area contributed by atoms with E-state index in [1.807, 2.05) is 121 Å². The summed E-state index contributed by atoms with van der Waals surface area (Å²) >= 11 is 6.18. The molecule has 0 aliphatic heterocycles. The van der Waals surface area contributed by atoms with Crippen molar-refractivity contribution in [3.8, 4) is 5.75 Å². The number of benzene rings is 5. The second-order valence-electron chi connectivity index (χ2n) is 8.76. The van der Waals surface area contributed by atoms with E-state index in [4.69, 9.17) is 16.3 Å². The Balaban J connectivity index is 1.68. The molecule has 0 unspecified atom stereocenters. The van der Waals surface area contributed by atoms with Crippen LogP contribution in [0.1, 0.15) is 16.7 Å². The molecule has 5 rings (SSSR count). The van der Waals surface area contributed by atoms with Gasteiger partial charge < -0.3 is 10.1 Å². The number of carbonyl (C=O) groups is 1. The molecule has 3 nitrogen and oxygen atoms in total. The minimum absolute atomic E-state index is 0.106. The van der Waals surface area contributed by atoms with Gasteiger partial charge in [-0.05, 0) is 47.4 Å². The SMILES string of the molecule is COc1ccc(NC(=O)C(Cc2ccc(Cl)cc2)(c2ccccc2)c2ccccc2)c2ccccc12. The zero-order valence-electron chi connectivity index (χ0n) is 19.9. The molecule has 1 amide bonds. The van der Waals surface area contributed by atoms with Gasteiger partial charge >= 0.3 is 0 Å². The summed E-state index contributed by atoms with van der Waals surface area (Å²) in [4.78, 5) is 14.5. The molecule has 4 heteroatoms. The van der Waals surface area contributed by atoms with Gasteiger partial charge in [0.25, 0.3) is 0 Å². The Morgan fingerprint density at radius 3 is 1.86 bits per heavy atom. The van der Waals surface area contributed by atoms with Crippen LogP contribution < -0.4 is 10.1 Å². The van der Waals surface area contributed by atoms with Crippen LogP contribution in [0.25, 0.3) is 10.8 Å². The molecular formula is C32H26ClNO2. The summed E-state index contributed by atoms with van der Waals surface area (Å²) in [6, 6.07) is 39.4. The van der Waals surface area contributed by atoms with Gasteiger partial charge in [0.05, 0.1) is 7.11 Å². The number of rotatable bonds is 7. The molecule has 0 fully saturated rings. The Labute approximate surface area is 216 Å². The van der Waals surface area contributed by atoms with Gasteiger partial charge in [-0.3, -0.25) is 4.79 Å². The van der Waals surface area contributed by atoms with Crippen molar-refractivity contribution in [2.24, 2.45) is 0 Å². The fourth-order valence-electron chi connectivity index (χ4n) is 4.85. The van der Waals surface area contributed by atoms with E-state index in [-0.39, 0.29) is 5.91 Å². The van der Waals surface area contributed by atoms with E-state index in [0.717, 1.165) is 38.9 Å². The first-order valence-electron chi connectivity index (χ1n) is 11.8. The third kappa shape index (κ3) is 4.46. The fraction of sp³-hybridized carbons (Fsp3) is 0.0938. The van der Waals surface area contributed by atoms with Gasteiger partial charge in [-0.25, -0.2) is 0 Å². The summed E-state index contributed by atoms with van der Waals surface area (Å²) in [6.45, 7) is 0. The van der Waals surface area contributed by atoms with E-state index >= 15 is 0 Å². The highest BCUT2D eigenvalue weighted by Crippen LogP contribution is 2.39. The molecule has 0 spiro atoms. The van der Waals surface area contributed by atoms with Crippen molar-refractivity contribution in [2.45, 2.75) is 11.8 Å². The predicted octanol–water partition coefficient (Wildman–Crippen LogP) is 7.67. The van der Waals surface area contributed by atoms with Crippen LogP contribution >= 0.6 is 11.6 Å². The van der Waals surface area contributed by atoms with Crippen LogP contribution in [0.4, 0.5) is 5.69 Å². The fourth-order valence-corrected chi connectivity index (χ4v) is 4.98. The van der Waals surface area contributed by atoms with Crippen molar-refractivity contribution < 1.29 is 9.53 Å². The molecule has 5 aromatic rings. The molecule has 178 valence electrons. The highest BCUT2D eigenvalue weighted by molar-refractivity contribution is 6.30. The molecule has 5 aromatic carbocycles. The second-order valence-corrected chi connectivity index (χ2v) is 9.19. The van der Waals surface area contributed by atoms with E-state index in [1.54, 1.807) is 7.11 Å². The van der Waals surface area contributed by atoms with Gasteiger partial charge in [0.1, 0.15) is 11.2 Å². The van der Waals surface area contributed by atoms with Crippen LogP contribution in [0.2, 0.25) is 5.02 Å². The number of fused-ring (bicyclic) bond motifs is 1. The molecule has 0 radical (unpaired) electrons. The Morgan fingerprint density at radius 1 is 0.722 bits per heavy atom. The number of amides is 1. The quantitative estimate of drug-likeness (QED) is 0.253.